The highest BCUT2D eigenvalue weighted by Crippen LogP contribution is 2.46. The summed E-state index contributed by atoms with van der Waals surface area (Å²) >= 11 is 6.70. The molecule has 258 valence electrons. The number of carbonyl (C=O) groups is 3. The number of hydrogen-bond donors (Lipinski definition) is 2. The summed E-state index contributed by atoms with van der Waals surface area (Å²) in [5, 5.41) is 3.87. The summed E-state index contributed by atoms with van der Waals surface area (Å²) < 4.78 is 13.4. The van der Waals surface area contributed by atoms with Crippen LogP contribution in [0.1, 0.15) is 65.8 Å². The number of rotatable bonds is 7. The molecular weight excluding hydrogens is 648 g/mol. The highest BCUT2D eigenvalue weighted by atomic mass is 35.5. The molecule has 2 aliphatic carbocycles. The molecule has 4 amide bonds. The van der Waals surface area contributed by atoms with Crippen LogP contribution in [0.5, 0.6) is 0 Å². The van der Waals surface area contributed by atoms with E-state index >= 15 is 0 Å². The molecule has 3 N–H and O–H groups in total. The molecule has 7 rings (SSSR count). The number of fused-ring (bicyclic) bond motifs is 2. The number of amides is 4. The first-order chi connectivity index (χ1) is 23.7. The fourth-order valence-corrected chi connectivity index (χ4v) is 7.40. The Kier molecular flexibility index (Phi) is 9.07. The Morgan fingerprint density at radius 2 is 1.82 bits per heavy atom. The number of ether oxygens (including phenoxy) is 2. The Morgan fingerprint density at radius 3 is 2.47 bits per heavy atom. The monoisotopic (exact) mass is 688 g/mol. The van der Waals surface area contributed by atoms with E-state index in [2.05, 4.69) is 21.3 Å². The number of nitrogens with zero attached hydrogens (tertiary/aromatic N) is 6. The number of primary amides is 1. The average molecular weight is 689 g/mol. The predicted molar refractivity (Wildman–Crippen MR) is 182 cm³/mol. The Balaban J connectivity index is 1.18. The molecule has 4 aliphatic rings. The first-order valence-electron chi connectivity index (χ1n) is 16.7. The molecule has 1 aromatic carbocycles. The number of benzene rings is 1. The largest absolute Gasteiger partial charge is 0.446 e. The highest BCUT2D eigenvalue weighted by Gasteiger charge is 2.51. The first kappa shape index (κ1) is 33.1. The van der Waals surface area contributed by atoms with Crippen molar-refractivity contribution in [2.24, 2.45) is 12.8 Å². The molecule has 2 aliphatic heterocycles. The molecule has 2 saturated heterocycles. The van der Waals surface area contributed by atoms with Crippen molar-refractivity contribution in [3.63, 3.8) is 0 Å². The van der Waals surface area contributed by atoms with E-state index in [1.807, 2.05) is 41.9 Å². The maximum Gasteiger partial charge on any atom is 0.410 e. The van der Waals surface area contributed by atoms with E-state index in [9.17, 15) is 14.4 Å². The molecule has 2 atom stereocenters. The zero-order chi connectivity index (χ0) is 34.3. The second-order valence-electron chi connectivity index (χ2n) is 13.2. The Labute approximate surface area is 290 Å². The van der Waals surface area contributed by atoms with Gasteiger partial charge in [0.25, 0.3) is 5.91 Å². The van der Waals surface area contributed by atoms with Gasteiger partial charge in [-0.15, -0.1) is 0 Å². The number of nitrogens with one attached hydrogen (secondary N) is 1. The van der Waals surface area contributed by atoms with E-state index in [1.54, 1.807) is 35.6 Å². The van der Waals surface area contributed by atoms with Gasteiger partial charge in [0.1, 0.15) is 11.7 Å². The second-order valence-corrected chi connectivity index (χ2v) is 13.6. The molecule has 0 spiro atoms. The van der Waals surface area contributed by atoms with E-state index in [4.69, 9.17) is 31.8 Å². The molecule has 2 unspecified atom stereocenters. The predicted octanol–water partition coefficient (Wildman–Crippen LogP) is 3.75. The maximum atomic E-state index is 13.7. The molecule has 49 heavy (non-hydrogen) atoms. The molecule has 13 nitrogen and oxygen atoms in total. The number of aryl methyl sites for hydroxylation is 1. The van der Waals surface area contributed by atoms with Crippen LogP contribution in [0.15, 0.2) is 49.1 Å². The highest BCUT2D eigenvalue weighted by molar-refractivity contribution is 6.30. The summed E-state index contributed by atoms with van der Waals surface area (Å²) in [6, 6.07) is 8.59. The van der Waals surface area contributed by atoms with Gasteiger partial charge in [0.15, 0.2) is 0 Å². The number of pyridine rings is 1. The molecule has 3 aromatic rings. The van der Waals surface area contributed by atoms with Crippen LogP contribution in [0.4, 0.5) is 9.59 Å². The number of piperazine rings is 1. The van der Waals surface area contributed by atoms with Gasteiger partial charge in [-0.1, -0.05) is 23.7 Å². The minimum Gasteiger partial charge on any atom is -0.446 e. The van der Waals surface area contributed by atoms with Crippen molar-refractivity contribution < 1.29 is 23.9 Å². The number of aromatic nitrogens is 3. The van der Waals surface area contributed by atoms with Gasteiger partial charge >= 0.3 is 12.1 Å². The van der Waals surface area contributed by atoms with Gasteiger partial charge in [-0.05, 0) is 59.4 Å². The normalized spacial score (nSPS) is 21.1. The number of piperidine rings is 1. The van der Waals surface area contributed by atoms with E-state index in [0.29, 0.717) is 70.0 Å². The van der Waals surface area contributed by atoms with Gasteiger partial charge in [0.05, 0.1) is 36.0 Å². The van der Waals surface area contributed by atoms with Crippen LogP contribution >= 0.6 is 11.6 Å². The van der Waals surface area contributed by atoms with Gasteiger partial charge in [-0.3, -0.25) is 14.7 Å². The quantitative estimate of drug-likeness (QED) is 0.382. The van der Waals surface area contributed by atoms with Crippen molar-refractivity contribution in [1.29, 1.82) is 0 Å². The number of hydrogen-bond acceptors (Lipinski definition) is 8. The van der Waals surface area contributed by atoms with Crippen LogP contribution in [0.2, 0.25) is 5.02 Å². The topological polar surface area (TPSA) is 148 Å². The third-order valence-electron chi connectivity index (χ3n) is 10.3. The van der Waals surface area contributed by atoms with Crippen molar-refractivity contribution in [3.8, 4) is 0 Å². The first-order valence-corrected chi connectivity index (χ1v) is 17.1. The van der Waals surface area contributed by atoms with Crippen LogP contribution in [-0.4, -0.2) is 105 Å². The van der Waals surface area contributed by atoms with Crippen molar-refractivity contribution in [2.75, 3.05) is 46.4 Å². The number of nitrogens with two attached hydrogens (primary N) is 1. The Morgan fingerprint density at radius 1 is 1.06 bits per heavy atom. The SMILES string of the molecule is COC1(C(=O)NC(C2=Cc3cccnc3C(N3CCN(C(=O)OC4CCN(C(N)=O)CC4)CC3)c3ccc(Cl)cc32)c2cncn2C)CC1. The molecular formula is C35H41ClN8O5. The third kappa shape index (κ3) is 6.50. The average Bonchev–Trinajstić information content (AvgIpc) is 3.83. The van der Waals surface area contributed by atoms with E-state index in [0.717, 1.165) is 33.7 Å². The molecule has 1 saturated carbocycles. The summed E-state index contributed by atoms with van der Waals surface area (Å²) in [5.41, 5.74) is 9.95. The Hall–Kier alpha value is -4.46. The van der Waals surface area contributed by atoms with Crippen molar-refractivity contribution in [3.05, 3.63) is 82.2 Å². The lowest BCUT2D eigenvalue weighted by Gasteiger charge is -2.40. The van der Waals surface area contributed by atoms with Crippen LogP contribution in [0, 0.1) is 0 Å². The van der Waals surface area contributed by atoms with Gasteiger partial charge in [-0.2, -0.15) is 0 Å². The van der Waals surface area contributed by atoms with E-state index in [1.165, 1.54) is 0 Å². The number of halogens is 1. The maximum absolute atomic E-state index is 13.7. The van der Waals surface area contributed by atoms with Crippen molar-refractivity contribution in [1.82, 2.24) is 34.6 Å². The number of urea groups is 1. The summed E-state index contributed by atoms with van der Waals surface area (Å²) in [4.78, 5) is 53.3. The number of likely N-dealkylation sites (tertiary alicyclic amines) is 1. The van der Waals surface area contributed by atoms with Crippen LogP contribution in [-0.2, 0) is 21.3 Å². The smallest absolute Gasteiger partial charge is 0.410 e. The van der Waals surface area contributed by atoms with E-state index in [-0.39, 0.29) is 24.1 Å². The van der Waals surface area contributed by atoms with Gasteiger partial charge < -0.3 is 34.9 Å². The molecule has 0 radical (unpaired) electrons. The molecule has 3 fully saturated rings. The van der Waals surface area contributed by atoms with Crippen LogP contribution < -0.4 is 11.1 Å². The van der Waals surface area contributed by atoms with Crippen LogP contribution in [0.25, 0.3) is 11.6 Å². The third-order valence-corrected chi connectivity index (χ3v) is 10.5. The second kappa shape index (κ2) is 13.4. The zero-order valence-electron chi connectivity index (χ0n) is 27.7. The lowest BCUT2D eigenvalue weighted by Crippen LogP contribution is -2.51. The lowest BCUT2D eigenvalue weighted by atomic mass is 9.89. The van der Waals surface area contributed by atoms with Crippen molar-refractivity contribution in [2.45, 2.75) is 49.5 Å². The van der Waals surface area contributed by atoms with Gasteiger partial charge in [-0.25, -0.2) is 14.6 Å². The van der Waals surface area contributed by atoms with Gasteiger partial charge in [0, 0.05) is 77.5 Å². The fraction of sp³-hybridized carbons (Fsp3) is 0.457. The summed E-state index contributed by atoms with van der Waals surface area (Å²) in [7, 11) is 3.49. The summed E-state index contributed by atoms with van der Waals surface area (Å²) in [5.74, 6) is -0.167. The van der Waals surface area contributed by atoms with E-state index < -0.39 is 17.7 Å². The number of carbonyl (C=O) groups excluding carboxylic acids is 3. The summed E-state index contributed by atoms with van der Waals surface area (Å²) in [6.07, 6.45) is 9.27. The van der Waals surface area contributed by atoms with Crippen LogP contribution in [0.3, 0.4) is 0 Å². The summed E-state index contributed by atoms with van der Waals surface area (Å²) in [6.45, 7) is 3.10. The Bertz CT molecular complexity index is 1770. The minimum absolute atomic E-state index is 0.167. The standard InChI is InChI=1S/C35H41ClN8O5/c1-41-21-38-20-28(41)30(40-32(45)35(48-2)9-10-35)27-18-22-4-3-11-39-29(22)31(25-6-5-23(36)19-26(25)27)42-14-16-44(17-15-42)34(47)49-24-7-12-43(13-8-24)33(37)46/h3-6,11,18-21,24,30-31H,7-10,12-17H2,1-2H3,(H2,37,46)(H,40,45). The fourth-order valence-electron chi connectivity index (χ4n) is 7.23. The van der Waals surface area contributed by atoms with Crippen molar-refractivity contribution >= 4 is 41.3 Å². The van der Waals surface area contributed by atoms with Gasteiger partial charge in [0.2, 0.25) is 0 Å². The molecule has 0 bridgehead atoms. The zero-order valence-corrected chi connectivity index (χ0v) is 28.4. The molecule has 4 heterocycles. The number of methoxy groups -OCH3 is 1. The number of imidazole rings is 1. The minimum atomic E-state index is -0.830. The lowest BCUT2D eigenvalue weighted by molar-refractivity contribution is -0.134. The molecule has 14 heteroatoms. The molecule has 2 aromatic heterocycles.